The van der Waals surface area contributed by atoms with Crippen LogP contribution in [-0.2, 0) is 37.6 Å². The zero-order valence-electron chi connectivity index (χ0n) is 16.3. The first-order valence-electron chi connectivity index (χ1n) is 8.23. The highest BCUT2D eigenvalue weighted by Crippen LogP contribution is 2.06. The van der Waals surface area contributed by atoms with Gasteiger partial charge in [0.15, 0.2) is 0 Å². The molecule has 8 nitrogen and oxygen atoms in total. The van der Waals surface area contributed by atoms with Crippen LogP contribution in [0.15, 0.2) is 37.4 Å². The largest absolute Gasteiger partial charge is 0.726 e. The van der Waals surface area contributed by atoms with Gasteiger partial charge in [-0.3, -0.25) is 4.55 Å². The molecule has 0 aliphatic rings. The van der Waals surface area contributed by atoms with Crippen LogP contribution in [0.25, 0.3) is 0 Å². The number of halogens is 4. The monoisotopic (exact) mass is 434 g/mol. The van der Waals surface area contributed by atoms with Crippen molar-refractivity contribution in [1.82, 2.24) is 9.13 Å². The van der Waals surface area contributed by atoms with E-state index in [0.29, 0.717) is 0 Å². The van der Waals surface area contributed by atoms with E-state index in [2.05, 4.69) is 58.8 Å². The molecule has 0 aromatic carbocycles. The van der Waals surface area contributed by atoms with E-state index in [0.717, 1.165) is 13.1 Å². The van der Waals surface area contributed by atoms with Crippen molar-refractivity contribution < 1.29 is 43.9 Å². The normalized spacial score (nSPS) is 10.6. The maximum atomic E-state index is 9.75. The van der Waals surface area contributed by atoms with Crippen LogP contribution in [0.3, 0.4) is 0 Å². The summed E-state index contributed by atoms with van der Waals surface area (Å²) >= 11 is 0. The quantitative estimate of drug-likeness (QED) is 0.261. The Morgan fingerprint density at radius 2 is 1.36 bits per heavy atom. The molecule has 2 heterocycles. The van der Waals surface area contributed by atoms with Crippen molar-refractivity contribution in [1.29, 1.82) is 0 Å². The predicted octanol–water partition coefficient (Wildman–Crippen LogP) is 1.75. The topological polar surface area (TPSA) is 95.0 Å². The number of aromatic nitrogens is 4. The van der Waals surface area contributed by atoms with Crippen LogP contribution in [0.2, 0.25) is 0 Å². The Hall–Kier alpha value is -1.93. The van der Waals surface area contributed by atoms with Gasteiger partial charge in [-0.05, 0) is 13.3 Å². The smallest absolute Gasteiger partial charge is 0.673 e. The molecule has 0 fully saturated rings. The number of aryl methyl sites for hydroxylation is 4. The lowest BCUT2D eigenvalue weighted by atomic mass is 10.3. The van der Waals surface area contributed by atoms with E-state index < -0.39 is 17.7 Å². The molecule has 0 spiro atoms. The maximum Gasteiger partial charge on any atom is 0.673 e. The highest BCUT2D eigenvalue weighted by atomic mass is 32.3. The van der Waals surface area contributed by atoms with Gasteiger partial charge in [-0.15, -0.1) is 0 Å². The van der Waals surface area contributed by atoms with Gasteiger partial charge >= 0.3 is 7.25 Å². The maximum absolute atomic E-state index is 9.75. The van der Waals surface area contributed by atoms with Crippen molar-refractivity contribution in [2.24, 2.45) is 14.1 Å². The molecule has 2 aromatic rings. The fourth-order valence-electron chi connectivity index (χ4n) is 1.66. The molecule has 164 valence electrons. The highest BCUT2D eigenvalue weighted by Gasteiger charge is 2.20. The summed E-state index contributed by atoms with van der Waals surface area (Å²) in [6.07, 6.45) is 15.0. The van der Waals surface area contributed by atoms with Gasteiger partial charge in [0.05, 0.1) is 27.2 Å². The molecular formula is C14H27BF4N4O4S. The summed E-state index contributed by atoms with van der Waals surface area (Å²) in [6.45, 7) is 6.54. The molecule has 0 saturated heterocycles. The van der Waals surface area contributed by atoms with Crippen LogP contribution < -0.4 is 9.13 Å². The second-order valence-corrected chi connectivity index (χ2v) is 6.36. The summed E-state index contributed by atoms with van der Waals surface area (Å²) < 4.78 is 80.3. The third kappa shape index (κ3) is 26.3. The van der Waals surface area contributed by atoms with Gasteiger partial charge in [-0.1, -0.05) is 13.3 Å². The number of imidazole rings is 2. The van der Waals surface area contributed by atoms with E-state index in [1.54, 1.807) is 0 Å². The molecule has 0 unspecified atom stereocenters. The molecule has 0 saturated carbocycles. The summed E-state index contributed by atoms with van der Waals surface area (Å²) in [7, 11) is -6.85. The fraction of sp³-hybridized carbons (Fsp3) is 0.571. The van der Waals surface area contributed by atoms with Crippen LogP contribution >= 0.6 is 0 Å². The summed E-state index contributed by atoms with van der Waals surface area (Å²) in [6, 6.07) is 0. The van der Waals surface area contributed by atoms with Gasteiger partial charge in [-0.25, -0.2) is 26.7 Å². The second kappa shape index (κ2) is 14.1. The Labute approximate surface area is 162 Å². The molecule has 0 atom stereocenters. The first kappa shape index (κ1) is 28.3. The standard InChI is InChI=1S/C8H15N2.C6H11N2.BF4.H2O4S/c1-3-4-5-10-7-6-9(2)8-10;1-3-8-5-4-7(2)6-8;2-1(3,4)5;1-5(2,3)4/h6-8H,3-5H2,1-2H3;4-6H,3H2,1-2H3;;(H2,1,2,3,4)/q2*+1;-1;/p-1. The molecular weight excluding hydrogens is 407 g/mol. The van der Waals surface area contributed by atoms with Crippen LogP contribution in [-0.4, -0.2) is 33.9 Å². The number of hydrogen-bond acceptors (Lipinski definition) is 3. The minimum absolute atomic E-state index is 1.06. The highest BCUT2D eigenvalue weighted by molar-refractivity contribution is 7.79. The molecule has 28 heavy (non-hydrogen) atoms. The summed E-state index contributed by atoms with van der Waals surface area (Å²) in [5, 5.41) is 0. The van der Waals surface area contributed by atoms with Gasteiger partial charge in [0, 0.05) is 0 Å². The van der Waals surface area contributed by atoms with Crippen LogP contribution in [0.4, 0.5) is 17.3 Å². The van der Waals surface area contributed by atoms with E-state index in [9.17, 15) is 17.3 Å². The Bertz CT molecular complexity index is 737. The zero-order valence-corrected chi connectivity index (χ0v) is 17.1. The lowest BCUT2D eigenvalue weighted by Crippen LogP contribution is -2.23. The number of nitrogens with zero attached hydrogens (tertiary/aromatic N) is 4. The molecule has 0 bridgehead atoms. The van der Waals surface area contributed by atoms with Crippen molar-refractivity contribution in [3.05, 3.63) is 37.4 Å². The fourth-order valence-corrected chi connectivity index (χ4v) is 1.66. The molecule has 2 aromatic heterocycles. The zero-order chi connectivity index (χ0) is 22.4. The average molecular weight is 434 g/mol. The van der Waals surface area contributed by atoms with Crippen LogP contribution in [0, 0.1) is 0 Å². The summed E-state index contributed by atoms with van der Waals surface area (Å²) in [4.78, 5) is 0. The Morgan fingerprint density at radius 3 is 1.57 bits per heavy atom. The van der Waals surface area contributed by atoms with Gasteiger partial charge in [0.2, 0.25) is 23.1 Å². The first-order chi connectivity index (χ1) is 12.7. The molecule has 0 aliphatic heterocycles. The van der Waals surface area contributed by atoms with Crippen molar-refractivity contribution in [3.63, 3.8) is 0 Å². The summed E-state index contributed by atoms with van der Waals surface area (Å²) in [5.41, 5.74) is 0. The third-order valence-electron chi connectivity index (χ3n) is 2.78. The van der Waals surface area contributed by atoms with E-state index in [-0.39, 0.29) is 0 Å². The van der Waals surface area contributed by atoms with E-state index >= 15 is 0 Å². The number of unbranched alkanes of at least 4 members (excludes halogenated alkanes) is 1. The first-order valence-corrected chi connectivity index (χ1v) is 9.59. The third-order valence-corrected chi connectivity index (χ3v) is 2.78. The second-order valence-electron chi connectivity index (χ2n) is 5.50. The lowest BCUT2D eigenvalue weighted by molar-refractivity contribution is -0.671. The average Bonchev–Trinajstić information content (AvgIpc) is 3.10. The van der Waals surface area contributed by atoms with Crippen LogP contribution in [0.1, 0.15) is 26.7 Å². The van der Waals surface area contributed by atoms with Crippen LogP contribution in [0.5, 0.6) is 0 Å². The van der Waals surface area contributed by atoms with Crippen molar-refractivity contribution in [2.75, 3.05) is 0 Å². The molecule has 0 amide bonds. The molecule has 1 N–H and O–H groups in total. The van der Waals surface area contributed by atoms with Gasteiger partial charge in [0.25, 0.3) is 0 Å². The van der Waals surface area contributed by atoms with Crippen molar-refractivity contribution >= 4 is 17.7 Å². The lowest BCUT2D eigenvalue weighted by Gasteiger charge is -1.94. The van der Waals surface area contributed by atoms with Crippen molar-refractivity contribution in [2.45, 2.75) is 39.8 Å². The van der Waals surface area contributed by atoms with Gasteiger partial charge < -0.3 is 21.8 Å². The number of hydrogen-bond donors (Lipinski definition) is 1. The molecule has 0 radical (unpaired) electrons. The van der Waals surface area contributed by atoms with E-state index in [1.165, 1.54) is 12.8 Å². The van der Waals surface area contributed by atoms with E-state index in [4.69, 9.17) is 17.5 Å². The minimum atomic E-state index is -6.00. The summed E-state index contributed by atoms with van der Waals surface area (Å²) in [5.74, 6) is 0. The number of rotatable bonds is 4. The SMILES string of the molecule is CCCCn1cc[n+](C)c1.CCn1cc[n+](C)c1.F[B-](F)(F)F.O=S(=O)([O-])O. The molecule has 2 rings (SSSR count). The Balaban J connectivity index is 0. The Morgan fingerprint density at radius 1 is 1.00 bits per heavy atom. The van der Waals surface area contributed by atoms with Gasteiger partial charge in [-0.2, -0.15) is 0 Å². The predicted molar refractivity (Wildman–Crippen MR) is 94.3 cm³/mol. The van der Waals surface area contributed by atoms with E-state index in [1.807, 2.05) is 24.9 Å². The van der Waals surface area contributed by atoms with Crippen molar-refractivity contribution in [3.8, 4) is 0 Å². The Kier molecular flexibility index (Phi) is 14.3. The minimum Gasteiger partial charge on any atom is -0.726 e. The van der Waals surface area contributed by atoms with Gasteiger partial charge in [0.1, 0.15) is 24.8 Å². The molecule has 0 aliphatic carbocycles. The molecule has 14 heteroatoms.